The molecule has 0 saturated carbocycles. The molecule has 0 radical (unpaired) electrons. The average molecular weight is 262 g/mol. The van der Waals surface area contributed by atoms with E-state index in [0.29, 0.717) is 0 Å². The van der Waals surface area contributed by atoms with Gasteiger partial charge in [-0.2, -0.15) is 5.26 Å². The van der Waals surface area contributed by atoms with Crippen molar-refractivity contribution in [2.45, 2.75) is 18.6 Å². The van der Waals surface area contributed by atoms with E-state index < -0.39 is 29.4 Å². The van der Waals surface area contributed by atoms with E-state index >= 15 is 0 Å². The van der Waals surface area contributed by atoms with Gasteiger partial charge >= 0.3 is 0 Å². The Morgan fingerprint density at radius 2 is 1.82 bits per heavy atom. The number of hydrogen-bond donors (Lipinski definition) is 2. The second kappa shape index (κ2) is 5.92. The van der Waals surface area contributed by atoms with Crippen molar-refractivity contribution in [3.63, 3.8) is 0 Å². The molecule has 0 fully saturated rings. The molecule has 2 atom stereocenters. The molecule has 3 nitrogen and oxygen atoms in total. The number of aliphatic hydroxyl groups excluding tert-OH is 2. The van der Waals surface area contributed by atoms with Gasteiger partial charge in [-0.25, -0.2) is 8.78 Å². The molecule has 2 unspecified atom stereocenters. The minimum absolute atomic E-state index is 0.0892. The van der Waals surface area contributed by atoms with Crippen LogP contribution in [0.5, 0.6) is 0 Å². The van der Waals surface area contributed by atoms with Crippen LogP contribution in [-0.2, 0) is 0 Å². The monoisotopic (exact) mass is 261 g/mol. The highest BCUT2D eigenvalue weighted by Crippen LogP contribution is 2.23. The maximum absolute atomic E-state index is 13.2. The van der Waals surface area contributed by atoms with Crippen LogP contribution in [0.25, 0.3) is 0 Å². The van der Waals surface area contributed by atoms with Crippen LogP contribution in [0.3, 0.4) is 0 Å². The summed E-state index contributed by atoms with van der Waals surface area (Å²) in [7, 11) is 0. The lowest BCUT2D eigenvalue weighted by molar-refractivity contribution is 0.0166. The molecular weight excluding hydrogens is 252 g/mol. The molecule has 0 aliphatic rings. The Bertz CT molecular complexity index is 425. The molecule has 1 aromatic carbocycles. The lowest BCUT2D eigenvalue weighted by atomic mass is 10.0. The highest BCUT2D eigenvalue weighted by molar-refractivity contribution is 6.17. The van der Waals surface area contributed by atoms with Crippen LogP contribution in [0.4, 0.5) is 8.78 Å². The zero-order valence-electron chi connectivity index (χ0n) is 8.70. The molecule has 0 aliphatic carbocycles. The first-order valence-corrected chi connectivity index (χ1v) is 5.35. The van der Waals surface area contributed by atoms with Gasteiger partial charge in [-0.05, 0) is 24.1 Å². The number of nitriles is 1. The number of hydrogen-bond acceptors (Lipinski definition) is 3. The molecule has 1 rings (SSSR count). The van der Waals surface area contributed by atoms with Crippen LogP contribution in [0.2, 0.25) is 0 Å². The van der Waals surface area contributed by atoms with Gasteiger partial charge < -0.3 is 10.2 Å². The van der Waals surface area contributed by atoms with E-state index in [1.165, 1.54) is 6.07 Å². The maximum atomic E-state index is 13.2. The van der Waals surface area contributed by atoms with Crippen LogP contribution in [0, 0.1) is 23.0 Å². The fraction of sp³-hybridized carbons (Fsp3) is 0.364. The summed E-state index contributed by atoms with van der Waals surface area (Å²) >= 11 is 5.38. The predicted octanol–water partition coefficient (Wildman–Crippen LogP) is 1.86. The molecule has 0 aromatic heterocycles. The summed E-state index contributed by atoms with van der Waals surface area (Å²) in [5, 5.41) is 27.5. The zero-order chi connectivity index (χ0) is 13.0. The topological polar surface area (TPSA) is 64.2 Å². The average Bonchev–Trinajstić information content (AvgIpc) is 2.27. The summed E-state index contributed by atoms with van der Waals surface area (Å²) < 4.78 is 26.5. The Labute approximate surface area is 102 Å². The van der Waals surface area contributed by atoms with E-state index in [-0.39, 0.29) is 17.9 Å². The Hall–Kier alpha value is -1.22. The summed E-state index contributed by atoms with van der Waals surface area (Å²) in [5.74, 6) is -2.03. The molecule has 0 saturated heterocycles. The molecule has 0 heterocycles. The van der Waals surface area contributed by atoms with Gasteiger partial charge in [-0.3, -0.25) is 0 Å². The normalized spacial score (nSPS) is 14.1. The van der Waals surface area contributed by atoms with Crippen molar-refractivity contribution in [1.29, 1.82) is 5.26 Å². The number of aliphatic hydroxyl groups is 2. The van der Waals surface area contributed by atoms with Crippen LogP contribution in [0.15, 0.2) is 12.1 Å². The summed E-state index contributed by atoms with van der Waals surface area (Å²) in [6, 6.07) is 3.02. The van der Waals surface area contributed by atoms with Gasteiger partial charge in [-0.1, -0.05) is 0 Å². The lowest BCUT2D eigenvalue weighted by Crippen LogP contribution is -2.19. The fourth-order valence-electron chi connectivity index (χ4n) is 1.36. The van der Waals surface area contributed by atoms with Gasteiger partial charge in [0.15, 0.2) is 0 Å². The first-order valence-electron chi connectivity index (χ1n) is 4.82. The third-order valence-electron chi connectivity index (χ3n) is 2.29. The van der Waals surface area contributed by atoms with E-state index in [9.17, 15) is 19.0 Å². The van der Waals surface area contributed by atoms with Gasteiger partial charge in [0.25, 0.3) is 0 Å². The first kappa shape index (κ1) is 13.8. The second-order valence-corrected chi connectivity index (χ2v) is 3.84. The molecule has 0 spiro atoms. The van der Waals surface area contributed by atoms with Crippen LogP contribution < -0.4 is 0 Å². The van der Waals surface area contributed by atoms with Gasteiger partial charge in [-0.15, -0.1) is 11.6 Å². The molecule has 6 heteroatoms. The second-order valence-electron chi connectivity index (χ2n) is 3.46. The quantitative estimate of drug-likeness (QED) is 0.813. The SMILES string of the molecule is N#Cc1c(F)cc(C(O)C(O)CCCl)cc1F. The summed E-state index contributed by atoms with van der Waals surface area (Å²) in [6.07, 6.45) is -2.56. The summed E-state index contributed by atoms with van der Waals surface area (Å²) in [5.41, 5.74) is -0.843. The Morgan fingerprint density at radius 1 is 1.29 bits per heavy atom. The molecule has 0 amide bonds. The summed E-state index contributed by atoms with van der Waals surface area (Å²) in [4.78, 5) is 0. The van der Waals surface area contributed by atoms with Gasteiger partial charge in [0, 0.05) is 5.88 Å². The Balaban J connectivity index is 3.05. The van der Waals surface area contributed by atoms with Crippen molar-refractivity contribution in [1.82, 2.24) is 0 Å². The zero-order valence-corrected chi connectivity index (χ0v) is 9.46. The molecule has 1 aromatic rings. The first-order chi connectivity index (χ1) is 8.01. The predicted molar refractivity (Wildman–Crippen MR) is 57.4 cm³/mol. The van der Waals surface area contributed by atoms with E-state index in [1.807, 2.05) is 0 Å². The van der Waals surface area contributed by atoms with Gasteiger partial charge in [0.1, 0.15) is 29.4 Å². The molecule has 2 N–H and O–H groups in total. The van der Waals surface area contributed by atoms with Crippen molar-refractivity contribution < 1.29 is 19.0 Å². The largest absolute Gasteiger partial charge is 0.390 e. The Kier molecular flexibility index (Phi) is 4.82. The third kappa shape index (κ3) is 3.13. The number of halogens is 3. The number of nitrogens with zero attached hydrogens (tertiary/aromatic N) is 1. The fourth-order valence-corrected chi connectivity index (χ4v) is 1.59. The third-order valence-corrected chi connectivity index (χ3v) is 2.51. The molecule has 17 heavy (non-hydrogen) atoms. The highest BCUT2D eigenvalue weighted by Gasteiger charge is 2.21. The van der Waals surface area contributed by atoms with Crippen molar-refractivity contribution in [2.24, 2.45) is 0 Å². The van der Waals surface area contributed by atoms with E-state index in [4.69, 9.17) is 16.9 Å². The smallest absolute Gasteiger partial charge is 0.144 e. The van der Waals surface area contributed by atoms with Crippen molar-refractivity contribution in [3.05, 3.63) is 34.9 Å². The number of alkyl halides is 1. The lowest BCUT2D eigenvalue weighted by Gasteiger charge is -2.17. The van der Waals surface area contributed by atoms with Crippen LogP contribution >= 0.6 is 11.6 Å². The van der Waals surface area contributed by atoms with Gasteiger partial charge in [0.05, 0.1) is 6.10 Å². The minimum Gasteiger partial charge on any atom is -0.390 e. The van der Waals surface area contributed by atoms with Crippen molar-refractivity contribution >= 4 is 11.6 Å². The van der Waals surface area contributed by atoms with E-state index in [2.05, 4.69) is 0 Å². The maximum Gasteiger partial charge on any atom is 0.144 e. The van der Waals surface area contributed by atoms with Crippen molar-refractivity contribution in [2.75, 3.05) is 5.88 Å². The summed E-state index contributed by atoms with van der Waals surface area (Å²) in [6.45, 7) is 0. The molecule has 92 valence electrons. The molecule has 0 bridgehead atoms. The van der Waals surface area contributed by atoms with Gasteiger partial charge in [0.2, 0.25) is 0 Å². The van der Waals surface area contributed by atoms with Crippen molar-refractivity contribution in [3.8, 4) is 6.07 Å². The number of rotatable bonds is 4. The minimum atomic E-state index is -1.44. The molecular formula is C11H10ClF2NO2. The molecule has 0 aliphatic heterocycles. The number of benzene rings is 1. The van der Waals surface area contributed by atoms with E-state index in [1.54, 1.807) is 0 Å². The Morgan fingerprint density at radius 3 is 2.24 bits per heavy atom. The van der Waals surface area contributed by atoms with Crippen LogP contribution in [0.1, 0.15) is 23.7 Å². The highest BCUT2D eigenvalue weighted by atomic mass is 35.5. The standard InChI is InChI=1S/C11H10ClF2NO2/c12-2-1-10(16)11(17)6-3-8(13)7(5-15)9(14)4-6/h3-4,10-11,16-17H,1-2H2. The van der Waals surface area contributed by atoms with Crippen LogP contribution in [-0.4, -0.2) is 22.2 Å². The van der Waals surface area contributed by atoms with E-state index in [0.717, 1.165) is 12.1 Å².